The van der Waals surface area contributed by atoms with Gasteiger partial charge < -0.3 is 9.47 Å². The van der Waals surface area contributed by atoms with Crippen molar-refractivity contribution in [3.8, 4) is 11.8 Å². The zero-order chi connectivity index (χ0) is 28.9. The lowest BCUT2D eigenvalue weighted by Crippen LogP contribution is -2.18. The molecule has 0 N–H and O–H groups in total. The van der Waals surface area contributed by atoms with Gasteiger partial charge in [0.05, 0.1) is 39.2 Å². The number of aromatic nitrogens is 1. The van der Waals surface area contributed by atoms with E-state index in [-0.39, 0.29) is 0 Å². The summed E-state index contributed by atoms with van der Waals surface area (Å²) >= 11 is 0. The molecule has 1 aliphatic heterocycles. The van der Waals surface area contributed by atoms with Gasteiger partial charge in [0.15, 0.2) is 0 Å². The molecule has 6 aromatic carbocycles. The Labute approximate surface area is 252 Å². The van der Waals surface area contributed by atoms with E-state index in [0.29, 0.717) is 15.4 Å². The molecule has 1 unspecified atom stereocenters. The van der Waals surface area contributed by atoms with E-state index >= 15 is 0 Å². The first-order valence-corrected chi connectivity index (χ1v) is 15.4. The first-order valence-electron chi connectivity index (χ1n) is 14.2. The molecule has 2 heterocycles. The van der Waals surface area contributed by atoms with Crippen LogP contribution in [0.2, 0.25) is 0 Å². The minimum atomic E-state index is -1.38. The number of hydrogen-bond donors (Lipinski definition) is 0. The zero-order valence-corrected chi connectivity index (χ0v) is 24.0. The number of para-hydroxylation sites is 3. The Balaban J connectivity index is 1.30. The Bertz CT molecular complexity index is 2240. The van der Waals surface area contributed by atoms with Crippen molar-refractivity contribution >= 4 is 49.7 Å². The van der Waals surface area contributed by atoms with Crippen molar-refractivity contribution < 1.29 is 4.21 Å². The highest BCUT2D eigenvalue weighted by atomic mass is 32.2. The van der Waals surface area contributed by atoms with Crippen LogP contribution in [-0.4, -0.2) is 8.78 Å². The molecule has 0 amide bonds. The van der Waals surface area contributed by atoms with Gasteiger partial charge in [0.1, 0.15) is 0 Å². The molecule has 1 aliphatic rings. The number of rotatable bonds is 4. The Kier molecular flexibility index (Phi) is 5.96. The minimum Gasteiger partial charge on any atom is -0.310 e. The van der Waals surface area contributed by atoms with E-state index in [2.05, 4.69) is 107 Å². The van der Waals surface area contributed by atoms with Gasteiger partial charge in [-0.15, -0.1) is 0 Å². The van der Waals surface area contributed by atoms with Crippen molar-refractivity contribution in [3.63, 3.8) is 0 Å². The lowest BCUT2D eigenvalue weighted by atomic mass is 9.91. The molecule has 43 heavy (non-hydrogen) atoms. The second-order valence-electron chi connectivity index (χ2n) is 10.7. The molecule has 1 aromatic heterocycles. The monoisotopic (exact) mass is 571 g/mol. The Morgan fingerprint density at radius 2 is 1.40 bits per heavy atom. The van der Waals surface area contributed by atoms with Crippen LogP contribution in [0.3, 0.4) is 0 Å². The summed E-state index contributed by atoms with van der Waals surface area (Å²) < 4.78 is 15.6. The molecule has 0 spiro atoms. The molecule has 1 atom stereocenters. The molecule has 0 radical (unpaired) electrons. The SMILES string of the molecule is N#Cc1cccc(S(=O)c2ccc(-n3c4ccccc4c4c5c(ccc43)N(c3ccccc3)c3ccccc3C5)cc2)c1. The predicted octanol–water partition coefficient (Wildman–Crippen LogP) is 9.20. The minimum absolute atomic E-state index is 0.504. The molecule has 0 saturated carbocycles. The normalized spacial score (nSPS) is 13.0. The van der Waals surface area contributed by atoms with E-state index in [9.17, 15) is 9.47 Å². The zero-order valence-electron chi connectivity index (χ0n) is 23.1. The maximum absolute atomic E-state index is 13.3. The highest BCUT2D eigenvalue weighted by Crippen LogP contribution is 2.48. The fourth-order valence-corrected chi connectivity index (χ4v) is 7.47. The maximum Gasteiger partial charge on any atom is 0.0992 e. The van der Waals surface area contributed by atoms with Crippen molar-refractivity contribution in [2.75, 3.05) is 4.90 Å². The van der Waals surface area contributed by atoms with Gasteiger partial charge in [0.25, 0.3) is 0 Å². The van der Waals surface area contributed by atoms with Crippen LogP contribution in [0.5, 0.6) is 0 Å². The lowest BCUT2D eigenvalue weighted by Gasteiger charge is -2.34. The molecule has 5 heteroatoms. The van der Waals surface area contributed by atoms with E-state index < -0.39 is 10.8 Å². The summed E-state index contributed by atoms with van der Waals surface area (Å²) in [7, 11) is -1.38. The summed E-state index contributed by atoms with van der Waals surface area (Å²) in [6.45, 7) is 0. The Morgan fingerprint density at radius 3 is 2.23 bits per heavy atom. The van der Waals surface area contributed by atoms with Crippen LogP contribution in [-0.2, 0) is 17.2 Å². The summed E-state index contributed by atoms with van der Waals surface area (Å²) in [5.74, 6) is 0. The average molecular weight is 572 g/mol. The largest absolute Gasteiger partial charge is 0.310 e. The third-order valence-electron chi connectivity index (χ3n) is 8.26. The molecule has 0 aliphatic carbocycles. The molecule has 8 rings (SSSR count). The molecule has 204 valence electrons. The van der Waals surface area contributed by atoms with Crippen LogP contribution in [0, 0.1) is 11.3 Å². The molecule has 0 fully saturated rings. The first kappa shape index (κ1) is 25.3. The van der Waals surface area contributed by atoms with Gasteiger partial charge in [0, 0.05) is 44.0 Å². The number of nitriles is 1. The van der Waals surface area contributed by atoms with Crippen LogP contribution in [0.4, 0.5) is 17.1 Å². The van der Waals surface area contributed by atoms with Gasteiger partial charge in [0.2, 0.25) is 0 Å². The third kappa shape index (κ3) is 4.07. The Morgan fingerprint density at radius 1 is 0.628 bits per heavy atom. The van der Waals surface area contributed by atoms with Crippen molar-refractivity contribution in [2.45, 2.75) is 16.2 Å². The third-order valence-corrected chi connectivity index (χ3v) is 9.65. The van der Waals surface area contributed by atoms with Crippen LogP contribution in [0.15, 0.2) is 149 Å². The topological polar surface area (TPSA) is 49.0 Å². The highest BCUT2D eigenvalue weighted by Gasteiger charge is 2.27. The summed E-state index contributed by atoms with van der Waals surface area (Å²) in [6, 6.07) is 49.4. The van der Waals surface area contributed by atoms with Gasteiger partial charge in [-0.2, -0.15) is 5.26 Å². The van der Waals surface area contributed by atoms with E-state index in [0.717, 1.165) is 28.8 Å². The number of benzene rings is 6. The molecule has 0 saturated heterocycles. The summed E-state index contributed by atoms with van der Waals surface area (Å²) in [5, 5.41) is 11.7. The first-order chi connectivity index (χ1) is 21.2. The fraction of sp³-hybridized carbons (Fsp3) is 0.0263. The molecule has 0 bridgehead atoms. The second-order valence-corrected chi connectivity index (χ2v) is 12.2. The summed E-state index contributed by atoms with van der Waals surface area (Å²) in [6.07, 6.45) is 0.847. The predicted molar refractivity (Wildman–Crippen MR) is 174 cm³/mol. The van der Waals surface area contributed by atoms with Gasteiger partial charge in [-0.3, -0.25) is 0 Å². The van der Waals surface area contributed by atoms with Gasteiger partial charge >= 0.3 is 0 Å². The Hall–Kier alpha value is -5.44. The van der Waals surface area contributed by atoms with Crippen LogP contribution in [0.25, 0.3) is 27.5 Å². The summed E-state index contributed by atoms with van der Waals surface area (Å²) in [5.41, 5.74) is 9.95. The van der Waals surface area contributed by atoms with Gasteiger partial charge in [-0.1, -0.05) is 60.7 Å². The quantitative estimate of drug-likeness (QED) is 0.212. The molecular formula is C38H25N3OS. The second kappa shape index (κ2) is 10.1. The smallest absolute Gasteiger partial charge is 0.0992 e. The number of anilines is 3. The van der Waals surface area contributed by atoms with Gasteiger partial charge in [-0.25, -0.2) is 4.21 Å². The lowest BCUT2D eigenvalue weighted by molar-refractivity contribution is 0.683. The van der Waals surface area contributed by atoms with Crippen molar-refractivity contribution in [1.82, 2.24) is 4.57 Å². The van der Waals surface area contributed by atoms with Gasteiger partial charge in [-0.05, 0) is 90.0 Å². The van der Waals surface area contributed by atoms with Crippen LogP contribution in [0.1, 0.15) is 16.7 Å². The van der Waals surface area contributed by atoms with Crippen molar-refractivity contribution in [2.24, 2.45) is 0 Å². The molecule has 7 aromatic rings. The van der Waals surface area contributed by atoms with E-state index in [1.54, 1.807) is 24.3 Å². The average Bonchev–Trinajstić information content (AvgIpc) is 3.42. The number of hydrogen-bond acceptors (Lipinski definition) is 3. The maximum atomic E-state index is 13.3. The molecular weight excluding hydrogens is 547 g/mol. The van der Waals surface area contributed by atoms with Crippen LogP contribution < -0.4 is 4.90 Å². The fourth-order valence-electron chi connectivity index (χ4n) is 6.38. The van der Waals surface area contributed by atoms with Crippen molar-refractivity contribution in [1.29, 1.82) is 5.26 Å². The standard InChI is InChI=1S/C38H25N3OS/c39-25-26-9-8-13-31(23-26)43(42)30-19-17-29(18-20-30)41-35-16-7-5-14-32(35)38-33-24-27-10-4-6-15-34(27)40(28-11-2-1-3-12-28)36(33)21-22-37(38)41/h1-23H,24H2. The highest BCUT2D eigenvalue weighted by molar-refractivity contribution is 7.85. The molecule has 4 nitrogen and oxygen atoms in total. The van der Waals surface area contributed by atoms with Crippen molar-refractivity contribution in [3.05, 3.63) is 156 Å². The van der Waals surface area contributed by atoms with Crippen LogP contribution >= 0.6 is 0 Å². The van der Waals surface area contributed by atoms with E-state index in [1.165, 1.54) is 33.3 Å². The number of fused-ring (bicyclic) bond motifs is 6. The van der Waals surface area contributed by atoms with E-state index in [1.807, 2.05) is 24.3 Å². The number of nitrogens with zero attached hydrogens (tertiary/aromatic N) is 3. The summed E-state index contributed by atoms with van der Waals surface area (Å²) in [4.78, 5) is 3.70. The van der Waals surface area contributed by atoms with E-state index in [4.69, 9.17) is 0 Å².